The lowest BCUT2D eigenvalue weighted by atomic mass is 9.91. The topological polar surface area (TPSA) is 115 Å². The molecule has 0 unspecified atom stereocenters. The third kappa shape index (κ3) is 5.78. The van der Waals surface area contributed by atoms with Crippen molar-refractivity contribution in [2.45, 2.75) is 39.0 Å². The van der Waals surface area contributed by atoms with Crippen molar-refractivity contribution >= 4 is 32.2 Å². The van der Waals surface area contributed by atoms with Crippen molar-refractivity contribution in [1.29, 1.82) is 0 Å². The molecule has 41 heavy (non-hydrogen) atoms. The van der Waals surface area contributed by atoms with Gasteiger partial charge in [0.15, 0.2) is 5.82 Å². The van der Waals surface area contributed by atoms with Gasteiger partial charge in [-0.3, -0.25) is 9.97 Å². The van der Waals surface area contributed by atoms with Gasteiger partial charge in [0.1, 0.15) is 27.4 Å². The van der Waals surface area contributed by atoms with Gasteiger partial charge in [0, 0.05) is 66.1 Å². The minimum Gasteiger partial charge on any atom is -0.496 e. The van der Waals surface area contributed by atoms with Crippen molar-refractivity contribution in [1.82, 2.24) is 24.7 Å². The molecule has 10 nitrogen and oxygen atoms in total. The number of sulfone groups is 1. The highest BCUT2D eigenvalue weighted by atomic mass is 32.2. The van der Waals surface area contributed by atoms with Gasteiger partial charge in [-0.2, -0.15) is 18.3 Å². The summed E-state index contributed by atoms with van der Waals surface area (Å²) in [6.07, 6.45) is 1.60. The summed E-state index contributed by atoms with van der Waals surface area (Å²) >= 11 is 0. The zero-order valence-corrected chi connectivity index (χ0v) is 24.0. The van der Waals surface area contributed by atoms with Crippen LogP contribution in [0, 0.1) is 12.8 Å². The number of pyridine rings is 3. The van der Waals surface area contributed by atoms with Crippen LogP contribution in [0.4, 0.5) is 24.7 Å². The largest absolute Gasteiger partial charge is 0.496 e. The van der Waals surface area contributed by atoms with E-state index in [0.29, 0.717) is 46.3 Å². The van der Waals surface area contributed by atoms with Crippen LogP contribution in [0.2, 0.25) is 0 Å². The molecule has 4 aromatic heterocycles. The lowest BCUT2D eigenvalue weighted by Gasteiger charge is -2.48. The van der Waals surface area contributed by atoms with Gasteiger partial charge < -0.3 is 15.0 Å². The van der Waals surface area contributed by atoms with Crippen LogP contribution in [-0.2, 0) is 9.84 Å². The Balaban J connectivity index is 1.61. The van der Waals surface area contributed by atoms with Crippen LogP contribution in [0.25, 0.3) is 28.0 Å². The number of hydrogen-bond acceptors (Lipinski definition) is 9. The zero-order valence-electron chi connectivity index (χ0n) is 23.1. The maximum atomic E-state index is 13.4. The van der Waals surface area contributed by atoms with Gasteiger partial charge >= 0.3 is 6.18 Å². The number of aromatic nitrogens is 5. The molecule has 0 aliphatic carbocycles. The summed E-state index contributed by atoms with van der Waals surface area (Å²) in [5.74, 6) is 0.839. The fourth-order valence-corrected chi connectivity index (χ4v) is 6.18. The van der Waals surface area contributed by atoms with Crippen LogP contribution in [0.3, 0.4) is 0 Å². The number of ether oxygens (including phenoxy) is 1. The van der Waals surface area contributed by atoms with Gasteiger partial charge in [-0.05, 0) is 32.9 Å². The molecule has 1 aliphatic rings. The van der Waals surface area contributed by atoms with Gasteiger partial charge in [-0.15, -0.1) is 0 Å². The van der Waals surface area contributed by atoms with E-state index in [1.54, 1.807) is 48.6 Å². The molecule has 0 radical (unpaired) electrons. The fraction of sp³-hybridized carbons (Fsp3) is 0.407. The molecule has 0 saturated carbocycles. The molecule has 5 rings (SSSR count). The van der Waals surface area contributed by atoms with E-state index in [2.05, 4.69) is 20.4 Å². The molecule has 0 spiro atoms. The Morgan fingerprint density at radius 1 is 1.20 bits per heavy atom. The quantitative estimate of drug-likeness (QED) is 0.319. The van der Waals surface area contributed by atoms with Crippen LogP contribution < -0.4 is 15.0 Å². The first-order valence-corrected chi connectivity index (χ1v) is 14.9. The Kier molecular flexibility index (Phi) is 7.30. The van der Waals surface area contributed by atoms with Crippen LogP contribution in [0.1, 0.15) is 19.5 Å². The maximum absolute atomic E-state index is 13.4. The van der Waals surface area contributed by atoms with Crippen LogP contribution in [0.15, 0.2) is 42.9 Å². The monoisotopic (exact) mass is 589 g/mol. The van der Waals surface area contributed by atoms with Crippen molar-refractivity contribution < 1.29 is 26.3 Å². The molecule has 5 heterocycles. The fourth-order valence-electron chi connectivity index (χ4n) is 5.01. The number of fused-ring (bicyclic) bond motifs is 1. The highest BCUT2D eigenvalue weighted by Crippen LogP contribution is 2.36. The predicted octanol–water partition coefficient (Wildman–Crippen LogP) is 4.43. The second-order valence-electron chi connectivity index (χ2n) is 10.4. The van der Waals surface area contributed by atoms with Crippen molar-refractivity contribution in [3.63, 3.8) is 0 Å². The SMILES string of the molecule is COc1ccncc1-c1cc2c(cnn2-c2cc(N3C[C@H](CS(C)(=O)=O)[C@H]3C)cc(N[C@@H](C)C(F)(F)F)n2)c(C)n1. The Morgan fingerprint density at radius 2 is 1.95 bits per heavy atom. The van der Waals surface area contributed by atoms with E-state index in [9.17, 15) is 21.6 Å². The Hall–Kier alpha value is -3.94. The molecule has 218 valence electrons. The Bertz CT molecular complexity index is 1710. The highest BCUT2D eigenvalue weighted by Gasteiger charge is 2.39. The molecular formula is C27H30F3N7O3S. The smallest absolute Gasteiger partial charge is 0.408 e. The number of methoxy groups -OCH3 is 1. The molecule has 14 heteroatoms. The molecular weight excluding hydrogens is 559 g/mol. The van der Waals surface area contributed by atoms with Crippen molar-refractivity contribution in [2.75, 3.05) is 35.9 Å². The number of halogens is 3. The van der Waals surface area contributed by atoms with E-state index in [1.165, 1.54) is 6.26 Å². The summed E-state index contributed by atoms with van der Waals surface area (Å²) in [5.41, 5.74) is 3.19. The minimum absolute atomic E-state index is 0.0182. The third-order valence-electron chi connectivity index (χ3n) is 7.36. The van der Waals surface area contributed by atoms with Gasteiger partial charge in [0.25, 0.3) is 0 Å². The predicted molar refractivity (Wildman–Crippen MR) is 150 cm³/mol. The van der Waals surface area contributed by atoms with E-state index < -0.39 is 22.1 Å². The van der Waals surface area contributed by atoms with Crippen LogP contribution in [-0.4, -0.2) is 77.1 Å². The molecule has 0 amide bonds. The average molecular weight is 590 g/mol. The average Bonchev–Trinajstić information content (AvgIpc) is 3.34. The van der Waals surface area contributed by atoms with Gasteiger partial charge in [-0.25, -0.2) is 18.1 Å². The number of nitrogens with one attached hydrogen (secondary N) is 1. The summed E-state index contributed by atoms with van der Waals surface area (Å²) in [4.78, 5) is 15.3. The normalized spacial score (nSPS) is 18.3. The second-order valence-corrected chi connectivity index (χ2v) is 12.6. The van der Waals surface area contributed by atoms with Crippen molar-refractivity contribution in [3.8, 4) is 22.8 Å². The first-order chi connectivity index (χ1) is 19.2. The summed E-state index contributed by atoms with van der Waals surface area (Å²) < 4.78 is 71.1. The van der Waals surface area contributed by atoms with E-state index in [0.717, 1.165) is 12.3 Å². The van der Waals surface area contributed by atoms with Gasteiger partial charge in [0.2, 0.25) is 0 Å². The minimum atomic E-state index is -4.48. The number of aryl methyl sites for hydroxylation is 1. The molecule has 0 aromatic carbocycles. The summed E-state index contributed by atoms with van der Waals surface area (Å²) in [6, 6.07) is 4.83. The summed E-state index contributed by atoms with van der Waals surface area (Å²) in [5, 5.41) is 7.73. The van der Waals surface area contributed by atoms with Gasteiger partial charge in [0.05, 0.1) is 35.8 Å². The maximum Gasteiger partial charge on any atom is 0.408 e. The number of hydrogen-bond donors (Lipinski definition) is 1. The second kappa shape index (κ2) is 10.5. The van der Waals surface area contributed by atoms with Crippen molar-refractivity contribution in [2.24, 2.45) is 5.92 Å². The molecule has 3 atom stereocenters. The van der Waals surface area contributed by atoms with Gasteiger partial charge in [-0.1, -0.05) is 0 Å². The molecule has 1 saturated heterocycles. The zero-order chi connectivity index (χ0) is 29.7. The highest BCUT2D eigenvalue weighted by molar-refractivity contribution is 7.90. The molecule has 0 bridgehead atoms. The molecule has 4 aromatic rings. The lowest BCUT2D eigenvalue weighted by Crippen LogP contribution is -2.57. The summed E-state index contributed by atoms with van der Waals surface area (Å²) in [7, 11) is -1.62. The van der Waals surface area contributed by atoms with E-state index >= 15 is 0 Å². The molecule has 1 N–H and O–H groups in total. The summed E-state index contributed by atoms with van der Waals surface area (Å²) in [6.45, 7) is 5.21. The van der Waals surface area contributed by atoms with E-state index in [-0.39, 0.29) is 23.5 Å². The van der Waals surface area contributed by atoms with Crippen molar-refractivity contribution in [3.05, 3.63) is 48.5 Å². The first kappa shape index (κ1) is 28.6. The number of alkyl halides is 3. The van der Waals surface area contributed by atoms with E-state index in [1.807, 2.05) is 24.8 Å². The molecule has 1 fully saturated rings. The lowest BCUT2D eigenvalue weighted by molar-refractivity contribution is -0.138. The van der Waals surface area contributed by atoms with E-state index in [4.69, 9.17) is 9.72 Å². The Morgan fingerprint density at radius 3 is 2.61 bits per heavy atom. The van der Waals surface area contributed by atoms with Crippen LogP contribution >= 0.6 is 0 Å². The number of anilines is 2. The first-order valence-electron chi connectivity index (χ1n) is 12.9. The molecule has 1 aliphatic heterocycles. The number of rotatable bonds is 8. The third-order valence-corrected chi connectivity index (χ3v) is 8.39. The standard InChI is InChI=1S/C27H30F3N7O3S/c1-15-20-12-32-37(23(20)10-22(33-15)21-11-31-7-6-24(21)40-4)26-9-19(8-25(35-26)34-17(3)27(28,29)30)36-13-18(16(36)2)14-41(5,38)39/h6-12,16-18H,13-14H2,1-5H3,(H,34,35)/t16-,17+,18-/m1/s1. The number of nitrogens with zero attached hydrogens (tertiary/aromatic N) is 6. The van der Waals surface area contributed by atoms with Crippen LogP contribution in [0.5, 0.6) is 5.75 Å². The Labute approximate surface area is 235 Å².